The Morgan fingerprint density at radius 1 is 1.29 bits per heavy atom. The molecule has 0 unspecified atom stereocenters. The standard InChI is InChI=1S/C15H16BrN5/c1-9(2)21-15-13(14(17)18-8-19-15)12(20-21)7-10-4-3-5-11(16)6-10/h3-6,8-9H,7H2,1-2H3,(H2,17,18,19). The first-order chi connectivity index (χ1) is 10.1. The Labute approximate surface area is 131 Å². The van der Waals surface area contributed by atoms with E-state index in [4.69, 9.17) is 10.8 Å². The second-order valence-electron chi connectivity index (χ2n) is 5.25. The number of hydrogen-bond donors (Lipinski definition) is 1. The molecule has 2 N–H and O–H groups in total. The topological polar surface area (TPSA) is 69.6 Å². The SMILES string of the molecule is CC(C)n1nc(Cc2cccc(Br)c2)c2c(N)ncnc21. The second kappa shape index (κ2) is 5.44. The molecule has 2 aromatic heterocycles. The van der Waals surface area contributed by atoms with Crippen molar-refractivity contribution >= 4 is 32.8 Å². The van der Waals surface area contributed by atoms with Crippen LogP contribution in [-0.4, -0.2) is 19.7 Å². The highest BCUT2D eigenvalue weighted by atomic mass is 79.9. The molecule has 0 fully saturated rings. The van der Waals surface area contributed by atoms with Gasteiger partial charge in [-0.2, -0.15) is 5.10 Å². The molecule has 0 aliphatic heterocycles. The van der Waals surface area contributed by atoms with Crippen LogP contribution in [0.4, 0.5) is 5.82 Å². The molecule has 0 spiro atoms. The van der Waals surface area contributed by atoms with Crippen molar-refractivity contribution in [3.8, 4) is 0 Å². The Morgan fingerprint density at radius 3 is 2.81 bits per heavy atom. The van der Waals surface area contributed by atoms with Gasteiger partial charge < -0.3 is 5.73 Å². The van der Waals surface area contributed by atoms with Crippen LogP contribution in [0.5, 0.6) is 0 Å². The van der Waals surface area contributed by atoms with Gasteiger partial charge in [0.1, 0.15) is 12.1 Å². The number of fused-ring (bicyclic) bond motifs is 1. The van der Waals surface area contributed by atoms with Gasteiger partial charge in [-0.3, -0.25) is 0 Å². The Morgan fingerprint density at radius 2 is 2.10 bits per heavy atom. The predicted octanol–water partition coefficient (Wildman–Crippen LogP) is 3.34. The number of nitrogen functional groups attached to an aromatic ring is 1. The van der Waals surface area contributed by atoms with Crippen molar-refractivity contribution in [2.24, 2.45) is 0 Å². The lowest BCUT2D eigenvalue weighted by molar-refractivity contribution is 0.541. The van der Waals surface area contributed by atoms with Crippen LogP contribution in [0.15, 0.2) is 35.1 Å². The minimum absolute atomic E-state index is 0.220. The largest absolute Gasteiger partial charge is 0.383 e. The van der Waals surface area contributed by atoms with Crippen LogP contribution in [0, 0.1) is 0 Å². The molecule has 108 valence electrons. The summed E-state index contributed by atoms with van der Waals surface area (Å²) in [7, 11) is 0. The van der Waals surface area contributed by atoms with E-state index in [1.807, 2.05) is 16.8 Å². The summed E-state index contributed by atoms with van der Waals surface area (Å²) in [5, 5.41) is 5.55. The lowest BCUT2D eigenvalue weighted by atomic mass is 10.1. The number of anilines is 1. The molecule has 0 bridgehead atoms. The van der Waals surface area contributed by atoms with Gasteiger partial charge in [-0.15, -0.1) is 0 Å². The Bertz CT molecular complexity index is 794. The average Bonchev–Trinajstić information content (AvgIpc) is 2.79. The number of aromatic nitrogens is 4. The van der Waals surface area contributed by atoms with E-state index in [2.05, 4.69) is 51.9 Å². The van der Waals surface area contributed by atoms with Gasteiger partial charge in [-0.1, -0.05) is 28.1 Å². The first-order valence-electron chi connectivity index (χ1n) is 6.78. The number of rotatable bonds is 3. The van der Waals surface area contributed by atoms with Crippen LogP contribution in [-0.2, 0) is 6.42 Å². The van der Waals surface area contributed by atoms with E-state index >= 15 is 0 Å². The highest BCUT2D eigenvalue weighted by molar-refractivity contribution is 9.10. The van der Waals surface area contributed by atoms with Gasteiger partial charge in [0.05, 0.1) is 11.1 Å². The summed E-state index contributed by atoms with van der Waals surface area (Å²) in [4.78, 5) is 8.45. The van der Waals surface area contributed by atoms with Crippen LogP contribution < -0.4 is 5.73 Å². The van der Waals surface area contributed by atoms with E-state index in [9.17, 15) is 0 Å². The first-order valence-corrected chi connectivity index (χ1v) is 7.57. The lowest BCUT2D eigenvalue weighted by Crippen LogP contribution is -2.04. The maximum absolute atomic E-state index is 6.04. The number of hydrogen-bond acceptors (Lipinski definition) is 4. The van der Waals surface area contributed by atoms with Crippen molar-refractivity contribution in [2.45, 2.75) is 26.3 Å². The van der Waals surface area contributed by atoms with E-state index in [-0.39, 0.29) is 6.04 Å². The highest BCUT2D eigenvalue weighted by Crippen LogP contribution is 2.26. The van der Waals surface area contributed by atoms with Crippen molar-refractivity contribution in [1.29, 1.82) is 0 Å². The van der Waals surface area contributed by atoms with E-state index in [0.717, 1.165) is 21.2 Å². The number of nitrogens with zero attached hydrogens (tertiary/aromatic N) is 4. The number of halogens is 1. The van der Waals surface area contributed by atoms with E-state index in [0.29, 0.717) is 12.2 Å². The molecule has 0 aliphatic carbocycles. The van der Waals surface area contributed by atoms with Gasteiger partial charge in [-0.25, -0.2) is 14.6 Å². The van der Waals surface area contributed by atoms with Gasteiger partial charge in [-0.05, 0) is 31.5 Å². The fourth-order valence-corrected chi connectivity index (χ4v) is 2.84. The van der Waals surface area contributed by atoms with Gasteiger partial charge in [0, 0.05) is 16.9 Å². The van der Waals surface area contributed by atoms with Gasteiger partial charge in [0.2, 0.25) is 0 Å². The monoisotopic (exact) mass is 345 g/mol. The average molecular weight is 346 g/mol. The molecule has 21 heavy (non-hydrogen) atoms. The summed E-state index contributed by atoms with van der Waals surface area (Å²) in [5.41, 5.74) is 8.92. The maximum Gasteiger partial charge on any atom is 0.163 e. The summed E-state index contributed by atoms with van der Waals surface area (Å²) in [6.07, 6.45) is 2.19. The molecular weight excluding hydrogens is 330 g/mol. The van der Waals surface area contributed by atoms with Crippen LogP contribution in [0.25, 0.3) is 11.0 Å². The van der Waals surface area contributed by atoms with E-state index in [1.165, 1.54) is 11.9 Å². The van der Waals surface area contributed by atoms with Gasteiger partial charge >= 0.3 is 0 Å². The van der Waals surface area contributed by atoms with Crippen molar-refractivity contribution < 1.29 is 0 Å². The molecule has 0 radical (unpaired) electrons. The van der Waals surface area contributed by atoms with Gasteiger partial charge in [0.25, 0.3) is 0 Å². The zero-order valence-electron chi connectivity index (χ0n) is 11.9. The molecule has 3 rings (SSSR count). The Kier molecular flexibility index (Phi) is 3.63. The van der Waals surface area contributed by atoms with Crippen molar-refractivity contribution in [2.75, 3.05) is 5.73 Å². The first kappa shape index (κ1) is 14.0. The van der Waals surface area contributed by atoms with Gasteiger partial charge in [0.15, 0.2) is 5.65 Å². The lowest BCUT2D eigenvalue weighted by Gasteiger charge is -2.05. The molecule has 0 saturated carbocycles. The summed E-state index contributed by atoms with van der Waals surface area (Å²) in [6.45, 7) is 4.15. The Hall–Kier alpha value is -1.95. The zero-order valence-corrected chi connectivity index (χ0v) is 13.5. The molecule has 0 atom stereocenters. The summed E-state index contributed by atoms with van der Waals surface area (Å²) < 4.78 is 2.96. The smallest absolute Gasteiger partial charge is 0.163 e. The normalized spacial score (nSPS) is 11.4. The summed E-state index contributed by atoms with van der Waals surface area (Å²) >= 11 is 3.49. The summed E-state index contributed by atoms with van der Waals surface area (Å²) in [6, 6.07) is 8.40. The van der Waals surface area contributed by atoms with Crippen molar-refractivity contribution in [3.63, 3.8) is 0 Å². The second-order valence-corrected chi connectivity index (χ2v) is 6.16. The third kappa shape index (κ3) is 2.63. The molecule has 5 nitrogen and oxygen atoms in total. The summed E-state index contributed by atoms with van der Waals surface area (Å²) in [5.74, 6) is 0.483. The molecule has 6 heteroatoms. The molecule has 1 aromatic carbocycles. The fourth-order valence-electron chi connectivity index (χ4n) is 2.39. The van der Waals surface area contributed by atoms with Crippen molar-refractivity contribution in [1.82, 2.24) is 19.7 Å². The van der Waals surface area contributed by atoms with Crippen molar-refractivity contribution in [3.05, 3.63) is 46.3 Å². The van der Waals surface area contributed by atoms with E-state index < -0.39 is 0 Å². The number of nitrogens with two attached hydrogens (primary N) is 1. The third-order valence-corrected chi connectivity index (χ3v) is 3.83. The Balaban J connectivity index is 2.14. The zero-order chi connectivity index (χ0) is 15.0. The van der Waals surface area contributed by atoms with Crippen LogP contribution in [0.2, 0.25) is 0 Å². The van der Waals surface area contributed by atoms with Crippen LogP contribution >= 0.6 is 15.9 Å². The third-order valence-electron chi connectivity index (χ3n) is 3.34. The molecular formula is C15H16BrN5. The molecule has 0 aliphatic rings. The molecule has 3 aromatic rings. The minimum atomic E-state index is 0.220. The fraction of sp³-hybridized carbons (Fsp3) is 0.267. The molecule has 0 amide bonds. The number of benzene rings is 1. The van der Waals surface area contributed by atoms with E-state index in [1.54, 1.807) is 0 Å². The minimum Gasteiger partial charge on any atom is -0.383 e. The molecule has 2 heterocycles. The highest BCUT2D eigenvalue weighted by Gasteiger charge is 2.17. The molecule has 0 saturated heterocycles. The van der Waals surface area contributed by atoms with Crippen LogP contribution in [0.3, 0.4) is 0 Å². The van der Waals surface area contributed by atoms with Crippen LogP contribution in [0.1, 0.15) is 31.1 Å². The quantitative estimate of drug-likeness (QED) is 0.790. The predicted molar refractivity (Wildman–Crippen MR) is 87.1 cm³/mol. The maximum atomic E-state index is 6.04.